The number of piperazine rings is 1. The van der Waals surface area contributed by atoms with Gasteiger partial charge in [-0.15, -0.1) is 0 Å². The lowest BCUT2D eigenvalue weighted by Gasteiger charge is -2.48. The first-order chi connectivity index (χ1) is 10.3. The van der Waals surface area contributed by atoms with Gasteiger partial charge in [0.05, 0.1) is 0 Å². The highest BCUT2D eigenvalue weighted by atomic mass is 15.3. The van der Waals surface area contributed by atoms with E-state index >= 15 is 0 Å². The van der Waals surface area contributed by atoms with E-state index < -0.39 is 0 Å². The van der Waals surface area contributed by atoms with Crippen molar-refractivity contribution in [3.63, 3.8) is 0 Å². The van der Waals surface area contributed by atoms with Gasteiger partial charge in [-0.1, -0.05) is 51.0 Å². The first-order valence-corrected chi connectivity index (χ1v) is 8.82. The summed E-state index contributed by atoms with van der Waals surface area (Å²) in [6.07, 6.45) is 7.94. The summed E-state index contributed by atoms with van der Waals surface area (Å²) < 4.78 is 0. The van der Waals surface area contributed by atoms with E-state index in [-0.39, 0.29) is 0 Å². The molecule has 1 heterocycles. The summed E-state index contributed by atoms with van der Waals surface area (Å²) in [6, 6.07) is 9.95. The Bertz CT molecular complexity index is 445. The summed E-state index contributed by atoms with van der Waals surface area (Å²) in [4.78, 5) is 2.80. The van der Waals surface area contributed by atoms with Crippen molar-refractivity contribution in [3.8, 4) is 0 Å². The van der Waals surface area contributed by atoms with Crippen LogP contribution in [0, 0.1) is 0 Å². The van der Waals surface area contributed by atoms with Crippen molar-refractivity contribution in [1.29, 1.82) is 0 Å². The number of hydrogen-bond acceptors (Lipinski definition) is 2. The van der Waals surface area contributed by atoms with Crippen molar-refractivity contribution in [1.82, 2.24) is 10.2 Å². The fourth-order valence-electron chi connectivity index (χ4n) is 4.10. The highest BCUT2D eigenvalue weighted by Gasteiger charge is 2.42. The molecule has 2 nitrogen and oxygen atoms in total. The smallest absolute Gasteiger partial charge is 0.0338 e. The number of nitrogens with zero attached hydrogens (tertiary/aromatic N) is 1. The summed E-state index contributed by atoms with van der Waals surface area (Å²) in [5.41, 5.74) is 3.37. The Kier molecular flexibility index (Phi) is 4.66. The van der Waals surface area contributed by atoms with Gasteiger partial charge in [0, 0.05) is 31.2 Å². The lowest BCUT2D eigenvalue weighted by atomic mass is 9.89. The van der Waals surface area contributed by atoms with Crippen molar-refractivity contribution in [2.75, 3.05) is 13.1 Å². The van der Waals surface area contributed by atoms with Crippen molar-refractivity contribution >= 4 is 0 Å². The monoisotopic (exact) mass is 286 g/mol. The molecule has 0 radical (unpaired) electrons. The number of benzene rings is 1. The van der Waals surface area contributed by atoms with Crippen LogP contribution in [-0.4, -0.2) is 29.6 Å². The van der Waals surface area contributed by atoms with Crippen LogP contribution in [0.3, 0.4) is 0 Å². The topological polar surface area (TPSA) is 15.3 Å². The van der Waals surface area contributed by atoms with Crippen molar-refractivity contribution in [2.24, 2.45) is 0 Å². The van der Waals surface area contributed by atoms with Crippen LogP contribution in [0.25, 0.3) is 0 Å². The Morgan fingerprint density at radius 3 is 2.38 bits per heavy atom. The second-order valence-electron chi connectivity index (χ2n) is 6.97. The van der Waals surface area contributed by atoms with Gasteiger partial charge in [-0.05, 0) is 36.8 Å². The zero-order valence-corrected chi connectivity index (χ0v) is 13.7. The van der Waals surface area contributed by atoms with Gasteiger partial charge < -0.3 is 5.32 Å². The Morgan fingerprint density at radius 2 is 1.76 bits per heavy atom. The molecule has 2 heteroatoms. The molecule has 0 bridgehead atoms. The van der Waals surface area contributed by atoms with Crippen LogP contribution in [0.2, 0.25) is 0 Å². The highest BCUT2D eigenvalue weighted by molar-refractivity contribution is 5.23. The van der Waals surface area contributed by atoms with Crippen LogP contribution >= 0.6 is 0 Å². The van der Waals surface area contributed by atoms with E-state index in [9.17, 15) is 0 Å². The molecular formula is C19H30N2. The van der Waals surface area contributed by atoms with Crippen molar-refractivity contribution in [3.05, 3.63) is 35.4 Å². The maximum atomic E-state index is 3.79. The molecule has 1 spiro atoms. The van der Waals surface area contributed by atoms with Gasteiger partial charge in [0.15, 0.2) is 0 Å². The average molecular weight is 286 g/mol. The summed E-state index contributed by atoms with van der Waals surface area (Å²) in [6.45, 7) is 8.07. The van der Waals surface area contributed by atoms with E-state index in [1.54, 1.807) is 0 Å². The average Bonchev–Trinajstić information content (AvgIpc) is 3.00. The van der Waals surface area contributed by atoms with Gasteiger partial charge in [0.25, 0.3) is 0 Å². The number of rotatable bonds is 4. The third-order valence-corrected chi connectivity index (χ3v) is 5.66. The van der Waals surface area contributed by atoms with Gasteiger partial charge in [0.2, 0.25) is 0 Å². The highest BCUT2D eigenvalue weighted by Crippen LogP contribution is 2.38. The normalized spacial score (nSPS) is 25.5. The number of aryl methyl sites for hydroxylation is 1. The molecule has 116 valence electrons. The van der Waals surface area contributed by atoms with Crippen LogP contribution in [0.5, 0.6) is 0 Å². The van der Waals surface area contributed by atoms with E-state index in [0.717, 1.165) is 13.0 Å². The van der Waals surface area contributed by atoms with E-state index in [1.807, 2.05) is 0 Å². The molecule has 0 aromatic heterocycles. The van der Waals surface area contributed by atoms with E-state index in [4.69, 9.17) is 0 Å². The van der Waals surface area contributed by atoms with Gasteiger partial charge in [-0.2, -0.15) is 0 Å². The lowest BCUT2D eigenvalue weighted by molar-refractivity contribution is 0.0349. The molecule has 1 atom stereocenters. The molecule has 3 rings (SSSR count). The SMILES string of the molecule is CCc1ccc(CN2CC(CC)NCC23CCCC3)cc1. The molecule has 1 aromatic rings. The molecule has 2 aliphatic rings. The predicted octanol–water partition coefficient (Wildman–Crippen LogP) is 3.75. The third-order valence-electron chi connectivity index (χ3n) is 5.66. The zero-order chi connectivity index (χ0) is 14.7. The Hall–Kier alpha value is -0.860. The van der Waals surface area contributed by atoms with Crippen molar-refractivity contribution in [2.45, 2.75) is 70.5 Å². The van der Waals surface area contributed by atoms with Gasteiger partial charge in [-0.3, -0.25) is 4.90 Å². The molecule has 1 saturated heterocycles. The quantitative estimate of drug-likeness (QED) is 0.907. The molecule has 0 amide bonds. The van der Waals surface area contributed by atoms with E-state index in [2.05, 4.69) is 48.3 Å². The van der Waals surface area contributed by atoms with Gasteiger partial charge >= 0.3 is 0 Å². The molecule has 1 saturated carbocycles. The number of nitrogens with one attached hydrogen (secondary N) is 1. The zero-order valence-electron chi connectivity index (χ0n) is 13.7. The lowest BCUT2D eigenvalue weighted by Crippen LogP contribution is -2.62. The largest absolute Gasteiger partial charge is 0.311 e. The molecule has 21 heavy (non-hydrogen) atoms. The van der Waals surface area contributed by atoms with Crippen LogP contribution < -0.4 is 5.32 Å². The Morgan fingerprint density at radius 1 is 1.10 bits per heavy atom. The standard InChI is InChI=1S/C19H30N2/c1-3-16-7-9-17(10-8-16)13-21-14-18(4-2)20-15-19(21)11-5-6-12-19/h7-10,18,20H,3-6,11-15H2,1-2H3. The van der Waals surface area contributed by atoms with Crippen LogP contribution in [0.1, 0.15) is 57.1 Å². The van der Waals surface area contributed by atoms with Crippen LogP contribution in [-0.2, 0) is 13.0 Å². The second-order valence-corrected chi connectivity index (χ2v) is 6.97. The first-order valence-electron chi connectivity index (χ1n) is 8.82. The van der Waals surface area contributed by atoms with E-state index in [1.165, 1.54) is 56.3 Å². The van der Waals surface area contributed by atoms with Crippen LogP contribution in [0.4, 0.5) is 0 Å². The van der Waals surface area contributed by atoms with Gasteiger partial charge in [-0.25, -0.2) is 0 Å². The Balaban J connectivity index is 1.75. The summed E-state index contributed by atoms with van der Waals surface area (Å²) in [5, 5.41) is 3.79. The Labute approximate surface area is 129 Å². The second kappa shape index (κ2) is 6.50. The maximum Gasteiger partial charge on any atom is 0.0338 e. The van der Waals surface area contributed by atoms with Crippen molar-refractivity contribution < 1.29 is 0 Å². The molecule has 2 fully saturated rings. The van der Waals surface area contributed by atoms with E-state index in [0.29, 0.717) is 11.6 Å². The molecule has 1 unspecified atom stereocenters. The minimum absolute atomic E-state index is 0.440. The number of hydrogen-bond donors (Lipinski definition) is 1. The third kappa shape index (κ3) is 3.17. The molecular weight excluding hydrogens is 256 g/mol. The molecule has 1 N–H and O–H groups in total. The molecule has 1 aliphatic heterocycles. The summed E-state index contributed by atoms with van der Waals surface area (Å²) in [5.74, 6) is 0. The summed E-state index contributed by atoms with van der Waals surface area (Å²) in [7, 11) is 0. The maximum absolute atomic E-state index is 3.79. The molecule has 1 aliphatic carbocycles. The first kappa shape index (κ1) is 15.1. The van der Waals surface area contributed by atoms with Crippen LogP contribution in [0.15, 0.2) is 24.3 Å². The predicted molar refractivity (Wildman–Crippen MR) is 89.5 cm³/mol. The minimum atomic E-state index is 0.440. The fourth-order valence-corrected chi connectivity index (χ4v) is 4.10. The minimum Gasteiger partial charge on any atom is -0.311 e. The fraction of sp³-hybridized carbons (Fsp3) is 0.684. The summed E-state index contributed by atoms with van der Waals surface area (Å²) >= 11 is 0. The van der Waals surface area contributed by atoms with Gasteiger partial charge in [0.1, 0.15) is 0 Å². The molecule has 1 aromatic carbocycles.